The summed E-state index contributed by atoms with van der Waals surface area (Å²) in [5, 5.41) is 10.00. The van der Waals surface area contributed by atoms with Gasteiger partial charge in [0.25, 0.3) is 0 Å². The van der Waals surface area contributed by atoms with E-state index in [2.05, 4.69) is 4.98 Å². The molecule has 0 atom stereocenters. The number of carboxylic acid groups (broad SMARTS) is 1. The Balaban J connectivity index is 2.78. The van der Waals surface area contributed by atoms with Gasteiger partial charge in [0.05, 0.1) is 10.5 Å². The molecule has 0 aliphatic heterocycles. The molecule has 0 fully saturated rings. The Bertz CT molecular complexity index is 552. The van der Waals surface area contributed by atoms with Gasteiger partial charge in [-0.15, -0.1) is 0 Å². The van der Waals surface area contributed by atoms with Crippen molar-refractivity contribution in [1.82, 2.24) is 4.98 Å². The average molecular weight is 222 g/mol. The fraction of sp³-hybridized carbons (Fsp3) is 0.0909. The summed E-state index contributed by atoms with van der Waals surface area (Å²) in [5.74, 6) is -1.07. The van der Waals surface area contributed by atoms with Crippen LogP contribution < -0.4 is 0 Å². The molecule has 0 bridgehead atoms. The highest BCUT2D eigenvalue weighted by molar-refractivity contribution is 6.35. The molecule has 1 aromatic carbocycles. The Hall–Kier alpha value is -1.61. The topological polar surface area (TPSA) is 50.2 Å². The van der Waals surface area contributed by atoms with Gasteiger partial charge in [0.2, 0.25) is 0 Å². The number of hydrogen-bond donors (Lipinski definition) is 1. The van der Waals surface area contributed by atoms with Crippen LogP contribution in [0.2, 0.25) is 5.02 Å². The predicted octanol–water partition coefficient (Wildman–Crippen LogP) is 2.89. The van der Waals surface area contributed by atoms with Crippen LogP contribution in [0.15, 0.2) is 24.3 Å². The lowest BCUT2D eigenvalue weighted by Gasteiger charge is -2.03. The smallest absolute Gasteiger partial charge is 0.354 e. The molecule has 0 unspecified atom stereocenters. The van der Waals surface area contributed by atoms with Crippen LogP contribution in [0.4, 0.5) is 0 Å². The lowest BCUT2D eigenvalue weighted by molar-refractivity contribution is 0.0691. The molecule has 4 heteroatoms. The molecule has 15 heavy (non-hydrogen) atoms. The lowest BCUT2D eigenvalue weighted by Crippen LogP contribution is -2.00. The fourth-order valence-electron chi connectivity index (χ4n) is 1.41. The van der Waals surface area contributed by atoms with Gasteiger partial charge in [-0.1, -0.05) is 23.2 Å². The average Bonchev–Trinajstić information content (AvgIpc) is 2.18. The number of carbonyl (C=O) groups is 1. The Morgan fingerprint density at radius 1 is 1.40 bits per heavy atom. The van der Waals surface area contributed by atoms with Crippen LogP contribution in [0.3, 0.4) is 0 Å². The van der Waals surface area contributed by atoms with Crippen LogP contribution in [0, 0.1) is 6.92 Å². The minimum atomic E-state index is -1.07. The number of aromatic carboxylic acids is 1. The first kappa shape index (κ1) is 9.93. The SMILES string of the molecule is Cc1ccc2nc(C(=O)O)cc(Cl)c2c1. The predicted molar refractivity (Wildman–Crippen MR) is 58.4 cm³/mol. The van der Waals surface area contributed by atoms with Crippen LogP contribution in [-0.4, -0.2) is 16.1 Å². The van der Waals surface area contributed by atoms with E-state index >= 15 is 0 Å². The van der Waals surface area contributed by atoms with E-state index in [1.54, 1.807) is 6.07 Å². The van der Waals surface area contributed by atoms with E-state index in [1.807, 2.05) is 19.1 Å². The van der Waals surface area contributed by atoms with Gasteiger partial charge in [-0.2, -0.15) is 0 Å². The summed E-state index contributed by atoms with van der Waals surface area (Å²) in [7, 11) is 0. The molecule has 0 amide bonds. The van der Waals surface area contributed by atoms with Crippen LogP contribution in [0.1, 0.15) is 16.1 Å². The summed E-state index contributed by atoms with van der Waals surface area (Å²) in [6.07, 6.45) is 0. The molecule has 1 heterocycles. The quantitative estimate of drug-likeness (QED) is 0.806. The van der Waals surface area contributed by atoms with Crippen molar-refractivity contribution >= 4 is 28.5 Å². The number of nitrogens with zero attached hydrogens (tertiary/aromatic N) is 1. The summed E-state index contributed by atoms with van der Waals surface area (Å²) in [6, 6.07) is 6.89. The van der Waals surface area contributed by atoms with Crippen molar-refractivity contribution in [1.29, 1.82) is 0 Å². The number of fused-ring (bicyclic) bond motifs is 1. The fourth-order valence-corrected chi connectivity index (χ4v) is 1.66. The normalized spacial score (nSPS) is 10.5. The van der Waals surface area contributed by atoms with Gasteiger partial charge in [-0.3, -0.25) is 0 Å². The van der Waals surface area contributed by atoms with Gasteiger partial charge in [0, 0.05) is 5.39 Å². The van der Waals surface area contributed by atoms with Gasteiger partial charge in [-0.25, -0.2) is 9.78 Å². The van der Waals surface area contributed by atoms with E-state index in [1.165, 1.54) is 6.07 Å². The maximum atomic E-state index is 10.7. The summed E-state index contributed by atoms with van der Waals surface area (Å²) in [6.45, 7) is 1.95. The highest BCUT2D eigenvalue weighted by Gasteiger charge is 2.09. The molecular weight excluding hydrogens is 214 g/mol. The minimum Gasteiger partial charge on any atom is -0.477 e. The van der Waals surface area contributed by atoms with Crippen molar-refractivity contribution in [3.05, 3.63) is 40.5 Å². The van der Waals surface area contributed by atoms with Crippen LogP contribution in [0.25, 0.3) is 10.9 Å². The highest BCUT2D eigenvalue weighted by Crippen LogP contribution is 2.24. The Morgan fingerprint density at radius 2 is 2.13 bits per heavy atom. The Labute approximate surface area is 91.3 Å². The zero-order valence-electron chi connectivity index (χ0n) is 7.99. The van der Waals surface area contributed by atoms with Crippen molar-refractivity contribution < 1.29 is 9.90 Å². The molecule has 0 aliphatic rings. The van der Waals surface area contributed by atoms with Crippen LogP contribution in [0.5, 0.6) is 0 Å². The number of aromatic nitrogens is 1. The van der Waals surface area contributed by atoms with E-state index in [0.29, 0.717) is 10.5 Å². The first-order valence-electron chi connectivity index (χ1n) is 4.38. The molecule has 3 nitrogen and oxygen atoms in total. The summed E-state index contributed by atoms with van der Waals surface area (Å²) in [5.41, 5.74) is 1.64. The zero-order valence-corrected chi connectivity index (χ0v) is 8.75. The number of benzene rings is 1. The largest absolute Gasteiger partial charge is 0.477 e. The molecule has 2 rings (SSSR count). The molecule has 0 spiro atoms. The van der Waals surface area contributed by atoms with Gasteiger partial charge >= 0.3 is 5.97 Å². The van der Waals surface area contributed by atoms with Gasteiger partial charge < -0.3 is 5.11 Å². The third kappa shape index (κ3) is 1.78. The maximum Gasteiger partial charge on any atom is 0.354 e. The zero-order chi connectivity index (χ0) is 11.0. The summed E-state index contributed by atoms with van der Waals surface area (Å²) >= 11 is 5.97. The molecule has 1 N–H and O–H groups in total. The van der Waals surface area contributed by atoms with Crippen LogP contribution >= 0.6 is 11.6 Å². The third-order valence-corrected chi connectivity index (χ3v) is 2.45. The minimum absolute atomic E-state index is 0.0312. The van der Waals surface area contributed by atoms with E-state index in [-0.39, 0.29) is 5.69 Å². The Kier molecular flexibility index (Phi) is 2.32. The van der Waals surface area contributed by atoms with Crippen molar-refractivity contribution in [3.63, 3.8) is 0 Å². The van der Waals surface area contributed by atoms with Crippen molar-refractivity contribution in [2.45, 2.75) is 6.92 Å². The van der Waals surface area contributed by atoms with E-state index in [4.69, 9.17) is 16.7 Å². The monoisotopic (exact) mass is 221 g/mol. The number of pyridine rings is 1. The van der Waals surface area contributed by atoms with Gasteiger partial charge in [0.15, 0.2) is 0 Å². The molecule has 0 radical (unpaired) electrons. The second-order valence-electron chi connectivity index (χ2n) is 3.32. The second-order valence-corrected chi connectivity index (χ2v) is 3.72. The summed E-state index contributed by atoms with van der Waals surface area (Å²) in [4.78, 5) is 14.7. The Morgan fingerprint density at radius 3 is 2.80 bits per heavy atom. The molecule has 0 saturated carbocycles. The van der Waals surface area contributed by atoms with E-state index in [9.17, 15) is 4.79 Å². The van der Waals surface area contributed by atoms with Crippen molar-refractivity contribution in [2.24, 2.45) is 0 Å². The molecule has 2 aromatic rings. The van der Waals surface area contributed by atoms with Gasteiger partial charge in [-0.05, 0) is 25.1 Å². The standard InChI is InChI=1S/C11H8ClNO2/c1-6-2-3-9-7(4-6)8(12)5-10(13-9)11(14)15/h2-5H,1H3,(H,14,15). The second kappa shape index (κ2) is 3.51. The number of carboxylic acids is 1. The summed E-state index contributed by atoms with van der Waals surface area (Å²) < 4.78 is 0. The molecule has 76 valence electrons. The van der Waals surface area contributed by atoms with Gasteiger partial charge in [0.1, 0.15) is 5.69 Å². The molecule has 0 saturated heterocycles. The number of halogens is 1. The third-order valence-electron chi connectivity index (χ3n) is 2.13. The molecule has 1 aromatic heterocycles. The van der Waals surface area contributed by atoms with E-state index < -0.39 is 5.97 Å². The van der Waals surface area contributed by atoms with Crippen molar-refractivity contribution in [3.8, 4) is 0 Å². The first-order valence-corrected chi connectivity index (χ1v) is 4.76. The van der Waals surface area contributed by atoms with Crippen LogP contribution in [-0.2, 0) is 0 Å². The molecular formula is C11H8ClNO2. The number of hydrogen-bond acceptors (Lipinski definition) is 2. The highest BCUT2D eigenvalue weighted by atomic mass is 35.5. The number of aryl methyl sites for hydroxylation is 1. The van der Waals surface area contributed by atoms with E-state index in [0.717, 1.165) is 10.9 Å². The first-order chi connectivity index (χ1) is 7.08. The maximum absolute atomic E-state index is 10.7. The van der Waals surface area contributed by atoms with Crippen molar-refractivity contribution in [2.75, 3.05) is 0 Å². The lowest BCUT2D eigenvalue weighted by atomic mass is 10.1. The molecule has 0 aliphatic carbocycles. The number of rotatable bonds is 1.